The molecule has 1 atom stereocenters. The molecule has 3 rings (SSSR count). The number of nitrogens with zero attached hydrogens (tertiary/aromatic N) is 3. The normalized spacial score (nSPS) is 18.0. The third-order valence-corrected chi connectivity index (χ3v) is 5.36. The Labute approximate surface area is 140 Å². The number of aryl methyl sites for hydroxylation is 1. The van der Waals surface area contributed by atoms with Crippen LogP contribution in [0, 0.1) is 12.8 Å². The van der Waals surface area contributed by atoms with Crippen molar-refractivity contribution in [2.75, 3.05) is 25.5 Å². The number of carbonyl (C=O) groups excluding carboxylic acids is 1. The average Bonchev–Trinajstić information content (AvgIpc) is 3.01. The number of nitrogens with one attached hydrogen (secondary N) is 1. The van der Waals surface area contributed by atoms with Crippen LogP contribution in [0.3, 0.4) is 0 Å². The predicted molar refractivity (Wildman–Crippen MR) is 93.0 cm³/mol. The topological polar surface area (TPSA) is 58.1 Å². The molecule has 0 saturated carbocycles. The van der Waals surface area contributed by atoms with Crippen LogP contribution in [-0.4, -0.2) is 40.9 Å². The Morgan fingerprint density at radius 2 is 2.26 bits per heavy atom. The van der Waals surface area contributed by atoms with Gasteiger partial charge in [0.1, 0.15) is 5.82 Å². The summed E-state index contributed by atoms with van der Waals surface area (Å²) in [6, 6.07) is 2.01. The second kappa shape index (κ2) is 7.08. The lowest BCUT2D eigenvalue weighted by atomic mass is 9.93. The van der Waals surface area contributed by atoms with Gasteiger partial charge < -0.3 is 10.2 Å². The van der Waals surface area contributed by atoms with Gasteiger partial charge in [-0.2, -0.15) is 0 Å². The van der Waals surface area contributed by atoms with E-state index in [1.54, 1.807) is 12.4 Å². The molecular weight excluding hydrogens is 308 g/mol. The van der Waals surface area contributed by atoms with Crippen molar-refractivity contribution in [3.8, 4) is 0 Å². The second-order valence-electron chi connectivity index (χ2n) is 6.00. The molecule has 3 heterocycles. The van der Waals surface area contributed by atoms with Crippen LogP contribution in [0.5, 0.6) is 0 Å². The first-order chi connectivity index (χ1) is 11.2. The lowest BCUT2D eigenvalue weighted by molar-refractivity contribution is 0.0677. The van der Waals surface area contributed by atoms with Crippen molar-refractivity contribution in [3.63, 3.8) is 0 Å². The molecule has 0 radical (unpaired) electrons. The van der Waals surface area contributed by atoms with Crippen LogP contribution in [0.15, 0.2) is 23.8 Å². The molecule has 23 heavy (non-hydrogen) atoms. The first kappa shape index (κ1) is 15.9. The lowest BCUT2D eigenvalue weighted by Gasteiger charge is -2.32. The number of anilines is 1. The van der Waals surface area contributed by atoms with Gasteiger partial charge in [-0.3, -0.25) is 9.78 Å². The smallest absolute Gasteiger partial charge is 0.264 e. The summed E-state index contributed by atoms with van der Waals surface area (Å²) in [7, 11) is 1.86. The van der Waals surface area contributed by atoms with Gasteiger partial charge in [0, 0.05) is 32.5 Å². The van der Waals surface area contributed by atoms with Crippen LogP contribution < -0.4 is 5.32 Å². The van der Waals surface area contributed by atoms with Crippen molar-refractivity contribution in [1.29, 1.82) is 0 Å². The number of amides is 1. The first-order valence-electron chi connectivity index (χ1n) is 8.00. The van der Waals surface area contributed by atoms with Crippen molar-refractivity contribution in [2.24, 2.45) is 5.92 Å². The highest BCUT2D eigenvalue weighted by atomic mass is 32.1. The summed E-state index contributed by atoms with van der Waals surface area (Å²) in [4.78, 5) is 24.3. The average molecular weight is 330 g/mol. The fourth-order valence-electron chi connectivity index (χ4n) is 3.15. The molecule has 2 aromatic heterocycles. The summed E-state index contributed by atoms with van der Waals surface area (Å²) in [5.74, 6) is 1.46. The summed E-state index contributed by atoms with van der Waals surface area (Å²) < 4.78 is 0. The molecule has 1 aliphatic heterocycles. The standard InChI is InChI=1S/C17H22N4OS/c1-12-5-9-23-15(12)17(22)21-8-3-4-13(11-21)10-14-16(18-2)20-7-6-19-14/h5-7,9,13H,3-4,8,10-11H2,1-2H3,(H,18,20)/t13-/m0/s1. The van der Waals surface area contributed by atoms with E-state index in [9.17, 15) is 4.79 Å². The van der Waals surface area contributed by atoms with E-state index in [4.69, 9.17) is 0 Å². The third kappa shape index (κ3) is 3.52. The fraction of sp³-hybridized carbons (Fsp3) is 0.471. The predicted octanol–water partition coefficient (Wildman–Crippen LogP) is 2.98. The van der Waals surface area contributed by atoms with Gasteiger partial charge >= 0.3 is 0 Å². The largest absolute Gasteiger partial charge is 0.372 e. The van der Waals surface area contributed by atoms with Crippen molar-refractivity contribution >= 4 is 23.1 Å². The fourth-order valence-corrected chi connectivity index (χ4v) is 4.04. The summed E-state index contributed by atoms with van der Waals surface area (Å²) in [6.07, 6.45) is 6.47. The lowest BCUT2D eigenvalue weighted by Crippen LogP contribution is -2.40. The number of hydrogen-bond acceptors (Lipinski definition) is 5. The van der Waals surface area contributed by atoms with Crippen LogP contribution in [-0.2, 0) is 6.42 Å². The summed E-state index contributed by atoms with van der Waals surface area (Å²) in [5, 5.41) is 5.09. The number of thiophene rings is 1. The quantitative estimate of drug-likeness (QED) is 0.936. The third-order valence-electron chi connectivity index (χ3n) is 4.36. The molecule has 1 fully saturated rings. The molecular formula is C17H22N4OS. The molecule has 2 aromatic rings. The van der Waals surface area contributed by atoms with E-state index < -0.39 is 0 Å². The number of carbonyl (C=O) groups is 1. The Bertz CT molecular complexity index is 685. The van der Waals surface area contributed by atoms with Crippen molar-refractivity contribution < 1.29 is 4.79 Å². The first-order valence-corrected chi connectivity index (χ1v) is 8.88. The number of aromatic nitrogens is 2. The van der Waals surface area contributed by atoms with Crippen LogP contribution in [0.2, 0.25) is 0 Å². The summed E-state index contributed by atoms with van der Waals surface area (Å²) >= 11 is 1.54. The van der Waals surface area contributed by atoms with Crippen LogP contribution >= 0.6 is 11.3 Å². The number of piperidine rings is 1. The molecule has 0 spiro atoms. The minimum absolute atomic E-state index is 0.176. The van der Waals surface area contributed by atoms with E-state index in [1.807, 2.05) is 30.3 Å². The van der Waals surface area contributed by atoms with Crippen molar-refractivity contribution in [3.05, 3.63) is 40.0 Å². The van der Waals surface area contributed by atoms with E-state index in [0.717, 1.165) is 54.3 Å². The molecule has 5 nitrogen and oxygen atoms in total. The SMILES string of the molecule is CNc1nccnc1C[C@@H]1CCCN(C(=O)c2sccc2C)C1. The Morgan fingerprint density at radius 3 is 3.00 bits per heavy atom. The van der Waals surface area contributed by atoms with E-state index in [1.165, 1.54) is 11.3 Å². The molecule has 1 aliphatic rings. The Kier molecular flexibility index (Phi) is 4.91. The van der Waals surface area contributed by atoms with Gasteiger partial charge in [-0.05, 0) is 49.1 Å². The van der Waals surface area contributed by atoms with Gasteiger partial charge in [0.05, 0.1) is 10.6 Å². The maximum atomic E-state index is 12.7. The molecule has 0 aliphatic carbocycles. The van der Waals surface area contributed by atoms with Crippen LogP contribution in [0.1, 0.15) is 33.8 Å². The van der Waals surface area contributed by atoms with E-state index in [-0.39, 0.29) is 5.91 Å². The van der Waals surface area contributed by atoms with E-state index >= 15 is 0 Å². The molecule has 0 unspecified atom stereocenters. The molecule has 122 valence electrons. The summed E-state index contributed by atoms with van der Waals surface area (Å²) in [6.45, 7) is 3.66. The summed E-state index contributed by atoms with van der Waals surface area (Å²) in [5.41, 5.74) is 2.06. The maximum Gasteiger partial charge on any atom is 0.264 e. The van der Waals surface area contributed by atoms with Gasteiger partial charge in [-0.25, -0.2) is 4.98 Å². The zero-order chi connectivity index (χ0) is 16.2. The highest BCUT2D eigenvalue weighted by Gasteiger charge is 2.26. The van der Waals surface area contributed by atoms with Gasteiger partial charge in [0.25, 0.3) is 5.91 Å². The van der Waals surface area contributed by atoms with E-state index in [2.05, 4.69) is 15.3 Å². The number of likely N-dealkylation sites (tertiary alicyclic amines) is 1. The number of hydrogen-bond donors (Lipinski definition) is 1. The maximum absolute atomic E-state index is 12.7. The molecule has 1 N–H and O–H groups in total. The highest BCUT2D eigenvalue weighted by Crippen LogP contribution is 2.25. The molecule has 1 saturated heterocycles. The van der Waals surface area contributed by atoms with Crippen molar-refractivity contribution in [2.45, 2.75) is 26.2 Å². The van der Waals surface area contributed by atoms with Gasteiger partial charge in [-0.1, -0.05) is 0 Å². The molecule has 0 bridgehead atoms. The monoisotopic (exact) mass is 330 g/mol. The number of rotatable bonds is 4. The van der Waals surface area contributed by atoms with E-state index in [0.29, 0.717) is 5.92 Å². The van der Waals surface area contributed by atoms with Gasteiger partial charge in [0.2, 0.25) is 0 Å². The zero-order valence-corrected chi connectivity index (χ0v) is 14.4. The van der Waals surface area contributed by atoms with Crippen LogP contribution in [0.25, 0.3) is 0 Å². The Balaban J connectivity index is 1.69. The minimum atomic E-state index is 0.176. The zero-order valence-electron chi connectivity index (χ0n) is 13.6. The van der Waals surface area contributed by atoms with Crippen molar-refractivity contribution in [1.82, 2.24) is 14.9 Å². The Morgan fingerprint density at radius 1 is 1.43 bits per heavy atom. The molecule has 0 aromatic carbocycles. The highest BCUT2D eigenvalue weighted by molar-refractivity contribution is 7.12. The molecule has 6 heteroatoms. The molecule has 1 amide bonds. The second-order valence-corrected chi connectivity index (χ2v) is 6.91. The van der Waals surface area contributed by atoms with Gasteiger partial charge in [-0.15, -0.1) is 11.3 Å². The van der Waals surface area contributed by atoms with Crippen LogP contribution in [0.4, 0.5) is 5.82 Å². The van der Waals surface area contributed by atoms with Gasteiger partial charge in [0.15, 0.2) is 0 Å². The minimum Gasteiger partial charge on any atom is -0.372 e. The Hall–Kier alpha value is -1.95.